The summed E-state index contributed by atoms with van der Waals surface area (Å²) < 4.78 is 0.924. The van der Waals surface area contributed by atoms with Gasteiger partial charge >= 0.3 is 0 Å². The molecule has 0 atom stereocenters. The summed E-state index contributed by atoms with van der Waals surface area (Å²) in [4.78, 5) is 14.7. The average molecular weight is 369 g/mol. The van der Waals surface area contributed by atoms with Crippen LogP contribution in [0.5, 0.6) is 0 Å². The van der Waals surface area contributed by atoms with E-state index in [-0.39, 0.29) is 0 Å². The zero-order valence-electron chi connectivity index (χ0n) is 10.1. The number of carbonyl (C=O) groups excluding carboxylic acids is 1. The summed E-state index contributed by atoms with van der Waals surface area (Å²) >= 11 is 15.4. The Morgan fingerprint density at radius 1 is 1.05 bits per heavy atom. The van der Waals surface area contributed by atoms with E-state index < -0.39 is 0 Å². The van der Waals surface area contributed by atoms with Gasteiger partial charge in [0.15, 0.2) is 6.29 Å². The lowest BCUT2D eigenvalue weighted by atomic mass is 10.1. The predicted molar refractivity (Wildman–Crippen MR) is 86.8 cm³/mol. The highest BCUT2D eigenvalue weighted by Gasteiger charge is 2.13. The second-order valence-corrected chi connectivity index (χ2v) is 6.08. The van der Waals surface area contributed by atoms with Crippen molar-refractivity contribution in [3.8, 4) is 11.3 Å². The molecule has 0 bridgehead atoms. The van der Waals surface area contributed by atoms with Gasteiger partial charge in [0, 0.05) is 26.5 Å². The molecule has 0 spiro atoms. The van der Waals surface area contributed by atoms with Gasteiger partial charge in [-0.2, -0.15) is 0 Å². The summed E-state index contributed by atoms with van der Waals surface area (Å²) in [6, 6.07) is 11.1. The first-order valence-corrected chi connectivity index (χ1v) is 7.37. The lowest BCUT2D eigenvalue weighted by molar-refractivity contribution is 0.112. The number of halogens is 3. The second kappa shape index (κ2) is 5.24. The van der Waals surface area contributed by atoms with Crippen LogP contribution in [0.1, 0.15) is 10.4 Å². The molecule has 5 heteroatoms. The highest BCUT2D eigenvalue weighted by Crippen LogP contribution is 2.33. The fourth-order valence-electron chi connectivity index (χ4n) is 2.19. The van der Waals surface area contributed by atoms with Crippen LogP contribution in [0.15, 0.2) is 40.9 Å². The van der Waals surface area contributed by atoms with E-state index in [4.69, 9.17) is 23.2 Å². The monoisotopic (exact) mass is 367 g/mol. The number of fused-ring (bicyclic) bond motifs is 1. The molecule has 0 saturated carbocycles. The lowest BCUT2D eigenvalue weighted by Gasteiger charge is -2.02. The van der Waals surface area contributed by atoms with Gasteiger partial charge in [-0.3, -0.25) is 4.79 Å². The van der Waals surface area contributed by atoms with Crippen molar-refractivity contribution in [2.24, 2.45) is 0 Å². The molecule has 0 fully saturated rings. The van der Waals surface area contributed by atoms with Gasteiger partial charge in [-0.25, -0.2) is 0 Å². The van der Waals surface area contributed by atoms with E-state index in [2.05, 4.69) is 20.9 Å². The van der Waals surface area contributed by atoms with Gasteiger partial charge in [0.05, 0.1) is 15.7 Å². The standard InChI is InChI=1S/C15H8BrCl2NO/c16-9-2-4-14-10(6-9)11(7-20)15(19-14)8-1-3-12(17)13(18)5-8/h1-7,19H. The molecule has 2 aromatic carbocycles. The van der Waals surface area contributed by atoms with Crippen molar-refractivity contribution in [2.75, 3.05) is 0 Å². The number of aromatic amines is 1. The molecular formula is C15H8BrCl2NO. The summed E-state index contributed by atoms with van der Waals surface area (Å²) in [7, 11) is 0. The first kappa shape index (κ1) is 13.7. The van der Waals surface area contributed by atoms with Crippen LogP contribution in [0.2, 0.25) is 10.0 Å². The molecule has 1 aromatic heterocycles. The molecule has 20 heavy (non-hydrogen) atoms. The largest absolute Gasteiger partial charge is 0.354 e. The zero-order chi connectivity index (χ0) is 14.3. The number of H-pyrrole nitrogens is 1. The number of rotatable bonds is 2. The van der Waals surface area contributed by atoms with E-state index in [0.717, 1.165) is 32.9 Å². The second-order valence-electron chi connectivity index (χ2n) is 4.35. The van der Waals surface area contributed by atoms with E-state index in [0.29, 0.717) is 15.6 Å². The minimum absolute atomic E-state index is 0.459. The normalized spacial score (nSPS) is 10.9. The van der Waals surface area contributed by atoms with Gasteiger partial charge in [0.25, 0.3) is 0 Å². The number of nitrogens with one attached hydrogen (secondary N) is 1. The average Bonchev–Trinajstić information content (AvgIpc) is 2.79. The SMILES string of the molecule is O=Cc1c(-c2ccc(Cl)c(Cl)c2)[nH]c2ccc(Br)cc12. The van der Waals surface area contributed by atoms with Gasteiger partial charge in [-0.1, -0.05) is 45.2 Å². The van der Waals surface area contributed by atoms with E-state index in [1.54, 1.807) is 12.1 Å². The Balaban J connectivity index is 2.30. The molecule has 1 N–H and O–H groups in total. The molecule has 0 aliphatic rings. The van der Waals surface area contributed by atoms with Crippen molar-refractivity contribution in [3.05, 3.63) is 56.5 Å². The maximum absolute atomic E-state index is 11.4. The van der Waals surface area contributed by atoms with Crippen molar-refractivity contribution in [1.29, 1.82) is 0 Å². The smallest absolute Gasteiger partial charge is 0.152 e. The summed E-state index contributed by atoms with van der Waals surface area (Å²) in [5, 5.41) is 1.82. The van der Waals surface area contributed by atoms with E-state index >= 15 is 0 Å². The molecule has 0 amide bonds. The fourth-order valence-corrected chi connectivity index (χ4v) is 2.85. The summed E-state index contributed by atoms with van der Waals surface area (Å²) in [5.41, 5.74) is 3.08. The number of hydrogen-bond donors (Lipinski definition) is 1. The van der Waals surface area contributed by atoms with Crippen molar-refractivity contribution < 1.29 is 4.79 Å². The van der Waals surface area contributed by atoms with Gasteiger partial charge in [-0.15, -0.1) is 0 Å². The molecule has 100 valence electrons. The number of benzene rings is 2. The Morgan fingerprint density at radius 3 is 2.55 bits per heavy atom. The van der Waals surface area contributed by atoms with Crippen LogP contribution in [-0.4, -0.2) is 11.3 Å². The molecule has 1 heterocycles. The molecule has 3 rings (SSSR count). The van der Waals surface area contributed by atoms with Gasteiger partial charge in [-0.05, 0) is 30.3 Å². The summed E-state index contributed by atoms with van der Waals surface area (Å²) in [6.07, 6.45) is 0.850. The molecule has 0 saturated heterocycles. The van der Waals surface area contributed by atoms with Crippen LogP contribution in [0.4, 0.5) is 0 Å². The molecule has 2 nitrogen and oxygen atoms in total. The van der Waals surface area contributed by atoms with Crippen LogP contribution in [0.25, 0.3) is 22.2 Å². The van der Waals surface area contributed by atoms with Crippen LogP contribution in [0.3, 0.4) is 0 Å². The topological polar surface area (TPSA) is 32.9 Å². The van der Waals surface area contributed by atoms with E-state index in [1.165, 1.54) is 0 Å². The molecular weight excluding hydrogens is 361 g/mol. The lowest BCUT2D eigenvalue weighted by Crippen LogP contribution is -1.85. The van der Waals surface area contributed by atoms with Crippen LogP contribution in [-0.2, 0) is 0 Å². The summed E-state index contributed by atoms with van der Waals surface area (Å²) in [6.45, 7) is 0. The maximum Gasteiger partial charge on any atom is 0.152 e. The van der Waals surface area contributed by atoms with Crippen molar-refractivity contribution in [3.63, 3.8) is 0 Å². The third-order valence-corrected chi connectivity index (χ3v) is 4.36. The third kappa shape index (κ3) is 2.26. The molecule has 0 radical (unpaired) electrons. The highest BCUT2D eigenvalue weighted by molar-refractivity contribution is 9.10. The first-order valence-electron chi connectivity index (χ1n) is 5.82. The van der Waals surface area contributed by atoms with Crippen molar-refractivity contribution >= 4 is 56.3 Å². The van der Waals surface area contributed by atoms with Crippen LogP contribution in [0, 0.1) is 0 Å². The Labute approximate surface area is 133 Å². The number of hydrogen-bond acceptors (Lipinski definition) is 1. The third-order valence-electron chi connectivity index (χ3n) is 3.13. The molecule has 0 aliphatic heterocycles. The maximum atomic E-state index is 11.4. The van der Waals surface area contributed by atoms with Gasteiger partial charge in [0.2, 0.25) is 0 Å². The number of carbonyl (C=O) groups is 1. The van der Waals surface area contributed by atoms with Crippen molar-refractivity contribution in [1.82, 2.24) is 4.98 Å². The van der Waals surface area contributed by atoms with Gasteiger partial charge < -0.3 is 4.98 Å². The van der Waals surface area contributed by atoms with E-state index in [9.17, 15) is 4.79 Å². The number of aromatic nitrogens is 1. The molecule has 0 unspecified atom stereocenters. The summed E-state index contributed by atoms with van der Waals surface area (Å²) in [5.74, 6) is 0. The minimum atomic E-state index is 0.459. The Bertz CT molecular complexity index is 826. The Kier molecular flexibility index (Phi) is 3.59. The fraction of sp³-hybridized carbons (Fsp3) is 0. The molecule has 0 aliphatic carbocycles. The number of aldehydes is 1. The zero-order valence-corrected chi connectivity index (χ0v) is 13.2. The Hall–Kier alpha value is -1.29. The van der Waals surface area contributed by atoms with E-state index in [1.807, 2.05) is 24.3 Å². The highest BCUT2D eigenvalue weighted by atomic mass is 79.9. The van der Waals surface area contributed by atoms with Crippen molar-refractivity contribution in [2.45, 2.75) is 0 Å². The Morgan fingerprint density at radius 2 is 1.85 bits per heavy atom. The minimum Gasteiger partial charge on any atom is -0.354 e. The van der Waals surface area contributed by atoms with Crippen LogP contribution >= 0.6 is 39.1 Å². The quantitative estimate of drug-likeness (QED) is 0.576. The first-order chi connectivity index (χ1) is 9.60. The van der Waals surface area contributed by atoms with Crippen LogP contribution < -0.4 is 0 Å². The molecule has 3 aromatic rings. The predicted octanol–water partition coefficient (Wildman–Crippen LogP) is 5.72. The van der Waals surface area contributed by atoms with Gasteiger partial charge in [0.1, 0.15) is 0 Å².